The second-order valence-electron chi connectivity index (χ2n) is 8.48. The Bertz CT molecular complexity index is 1240. The second-order valence-corrected chi connectivity index (χ2v) is 10.6. The molecule has 4 rings (SSSR count). The molecule has 176 valence electrons. The van der Waals surface area contributed by atoms with E-state index < -0.39 is 10.0 Å². The summed E-state index contributed by atoms with van der Waals surface area (Å²) in [5.74, 6) is 0.952. The molecule has 1 aliphatic rings. The number of ether oxygens (including phenoxy) is 2. The first-order chi connectivity index (χ1) is 15.8. The van der Waals surface area contributed by atoms with E-state index in [-0.39, 0.29) is 17.0 Å². The highest BCUT2D eigenvalue weighted by Crippen LogP contribution is 2.34. The van der Waals surface area contributed by atoms with Crippen molar-refractivity contribution in [1.29, 1.82) is 0 Å². The molecule has 1 aromatic carbocycles. The van der Waals surface area contributed by atoms with Gasteiger partial charge in [0.25, 0.3) is 0 Å². The average Bonchev–Trinajstić information content (AvgIpc) is 2.79. The molecule has 0 spiro atoms. The Morgan fingerprint density at radius 3 is 2.61 bits per heavy atom. The Morgan fingerprint density at radius 2 is 1.91 bits per heavy atom. The van der Waals surface area contributed by atoms with Crippen molar-refractivity contribution in [2.45, 2.75) is 43.7 Å². The molecule has 0 bridgehead atoms. The number of pyridine rings is 1. The van der Waals surface area contributed by atoms with E-state index in [0.29, 0.717) is 47.1 Å². The number of sulfonamides is 1. The van der Waals surface area contributed by atoms with E-state index in [2.05, 4.69) is 15.3 Å². The molecule has 0 saturated carbocycles. The van der Waals surface area contributed by atoms with E-state index >= 15 is 0 Å². The number of hydrogen-bond donors (Lipinski definition) is 1. The van der Waals surface area contributed by atoms with Gasteiger partial charge in [0.1, 0.15) is 6.10 Å². The SMILES string of the molecule is CC(C)Nc1ncc2c(OC3CCOCC3)ncc(-c3cccc(S(=O)(=O)N(C)C)c3)c2n1. The Morgan fingerprint density at radius 1 is 1.15 bits per heavy atom. The van der Waals surface area contributed by atoms with E-state index in [9.17, 15) is 8.42 Å². The first-order valence-corrected chi connectivity index (χ1v) is 12.4. The maximum Gasteiger partial charge on any atom is 0.242 e. The van der Waals surface area contributed by atoms with Crippen LogP contribution in [0.15, 0.2) is 41.6 Å². The van der Waals surface area contributed by atoms with E-state index in [4.69, 9.17) is 14.5 Å². The number of nitrogens with zero attached hydrogens (tertiary/aromatic N) is 4. The Balaban J connectivity index is 1.83. The van der Waals surface area contributed by atoms with Crippen molar-refractivity contribution in [3.63, 3.8) is 0 Å². The van der Waals surface area contributed by atoms with E-state index in [1.807, 2.05) is 19.9 Å². The zero-order chi connectivity index (χ0) is 23.6. The Kier molecular flexibility index (Phi) is 6.78. The second kappa shape index (κ2) is 9.58. The lowest BCUT2D eigenvalue weighted by atomic mass is 10.1. The molecular weight excluding hydrogens is 442 g/mol. The number of aromatic nitrogens is 3. The highest BCUT2D eigenvalue weighted by atomic mass is 32.2. The lowest BCUT2D eigenvalue weighted by Gasteiger charge is -2.23. The van der Waals surface area contributed by atoms with E-state index in [1.165, 1.54) is 18.4 Å². The fraction of sp³-hybridized carbons (Fsp3) is 0.435. The largest absolute Gasteiger partial charge is 0.474 e. The summed E-state index contributed by atoms with van der Waals surface area (Å²) in [5.41, 5.74) is 2.04. The van der Waals surface area contributed by atoms with E-state index in [1.54, 1.807) is 30.6 Å². The third kappa shape index (κ3) is 5.07. The lowest BCUT2D eigenvalue weighted by molar-refractivity contribution is 0.0244. The molecule has 33 heavy (non-hydrogen) atoms. The van der Waals surface area contributed by atoms with Gasteiger partial charge in [0.15, 0.2) is 0 Å². The predicted molar refractivity (Wildman–Crippen MR) is 127 cm³/mol. The number of fused-ring (bicyclic) bond motifs is 1. The summed E-state index contributed by atoms with van der Waals surface area (Å²) in [5, 5.41) is 3.90. The van der Waals surface area contributed by atoms with Crippen LogP contribution < -0.4 is 10.1 Å². The summed E-state index contributed by atoms with van der Waals surface area (Å²) < 4.78 is 38.2. The van der Waals surface area contributed by atoms with Gasteiger partial charge in [0.2, 0.25) is 21.9 Å². The van der Waals surface area contributed by atoms with Crippen molar-refractivity contribution in [3.8, 4) is 17.0 Å². The predicted octanol–water partition coefficient (Wildman–Crippen LogP) is 3.32. The van der Waals surface area contributed by atoms with Crippen molar-refractivity contribution in [1.82, 2.24) is 19.3 Å². The third-order valence-corrected chi connectivity index (χ3v) is 7.18. The van der Waals surface area contributed by atoms with Crippen LogP contribution in [0.2, 0.25) is 0 Å². The molecule has 3 heterocycles. The topological polar surface area (TPSA) is 107 Å². The van der Waals surface area contributed by atoms with Gasteiger partial charge in [-0.3, -0.25) is 0 Å². The van der Waals surface area contributed by atoms with Crippen LogP contribution in [0.1, 0.15) is 26.7 Å². The molecule has 9 nitrogen and oxygen atoms in total. The molecule has 3 aromatic rings. The van der Waals surface area contributed by atoms with Gasteiger partial charge in [-0.15, -0.1) is 0 Å². The van der Waals surface area contributed by atoms with Gasteiger partial charge in [-0.05, 0) is 31.5 Å². The van der Waals surface area contributed by atoms with Crippen LogP contribution in [-0.4, -0.2) is 67.1 Å². The summed E-state index contributed by atoms with van der Waals surface area (Å²) in [6, 6.07) is 6.94. The highest BCUT2D eigenvalue weighted by molar-refractivity contribution is 7.89. The Labute approximate surface area is 194 Å². The first kappa shape index (κ1) is 23.3. The first-order valence-electron chi connectivity index (χ1n) is 11.0. The molecule has 0 aliphatic carbocycles. The van der Waals surface area contributed by atoms with Crippen LogP contribution in [0.4, 0.5) is 5.95 Å². The summed E-state index contributed by atoms with van der Waals surface area (Å²) in [4.78, 5) is 14.0. The average molecular weight is 472 g/mol. The van der Waals surface area contributed by atoms with Crippen LogP contribution in [-0.2, 0) is 14.8 Å². The van der Waals surface area contributed by atoms with Crippen LogP contribution in [0, 0.1) is 0 Å². The molecule has 0 amide bonds. The molecule has 10 heteroatoms. The maximum atomic E-state index is 12.7. The minimum Gasteiger partial charge on any atom is -0.474 e. The summed E-state index contributed by atoms with van der Waals surface area (Å²) in [6.07, 6.45) is 5.00. The van der Waals surface area contributed by atoms with Crippen LogP contribution >= 0.6 is 0 Å². The molecule has 0 unspecified atom stereocenters. The number of nitrogens with one attached hydrogen (secondary N) is 1. The zero-order valence-electron chi connectivity index (χ0n) is 19.3. The number of rotatable bonds is 7. The fourth-order valence-corrected chi connectivity index (χ4v) is 4.57. The van der Waals surface area contributed by atoms with Gasteiger partial charge in [-0.1, -0.05) is 12.1 Å². The third-order valence-electron chi connectivity index (χ3n) is 5.37. The van der Waals surface area contributed by atoms with Crippen molar-refractivity contribution in [2.75, 3.05) is 32.6 Å². The minimum absolute atomic E-state index is 0.0160. The summed E-state index contributed by atoms with van der Waals surface area (Å²) in [6.45, 7) is 5.34. The normalized spacial score (nSPS) is 15.3. The number of benzene rings is 1. The van der Waals surface area contributed by atoms with Gasteiger partial charge in [0, 0.05) is 50.9 Å². The highest BCUT2D eigenvalue weighted by Gasteiger charge is 2.21. The Hall–Kier alpha value is -2.82. The zero-order valence-corrected chi connectivity index (χ0v) is 20.1. The number of anilines is 1. The maximum absolute atomic E-state index is 12.7. The van der Waals surface area contributed by atoms with Gasteiger partial charge < -0.3 is 14.8 Å². The molecule has 0 atom stereocenters. The van der Waals surface area contributed by atoms with Crippen LogP contribution in [0.25, 0.3) is 22.0 Å². The molecule has 0 radical (unpaired) electrons. The quantitative estimate of drug-likeness (QED) is 0.559. The van der Waals surface area contributed by atoms with Crippen molar-refractivity contribution >= 4 is 26.9 Å². The fourth-order valence-electron chi connectivity index (χ4n) is 3.62. The lowest BCUT2D eigenvalue weighted by Crippen LogP contribution is -2.26. The smallest absolute Gasteiger partial charge is 0.242 e. The molecule has 2 aromatic heterocycles. The molecular formula is C23H29N5O4S. The molecule has 1 aliphatic heterocycles. The van der Waals surface area contributed by atoms with Crippen LogP contribution in [0.3, 0.4) is 0 Å². The van der Waals surface area contributed by atoms with Gasteiger partial charge in [0.05, 0.1) is 29.0 Å². The number of hydrogen-bond acceptors (Lipinski definition) is 8. The van der Waals surface area contributed by atoms with Gasteiger partial charge >= 0.3 is 0 Å². The summed E-state index contributed by atoms with van der Waals surface area (Å²) >= 11 is 0. The standard InChI is InChI=1S/C23H29N5O4S/c1-15(2)26-23-25-14-20-21(27-23)19(13-24-22(20)32-17-8-10-31-11-9-17)16-6-5-7-18(12-16)33(29,30)28(3)4/h5-7,12-15,17H,8-11H2,1-4H3,(H,25,26,27). The van der Waals surface area contributed by atoms with E-state index in [0.717, 1.165) is 12.8 Å². The van der Waals surface area contributed by atoms with Crippen molar-refractivity contribution < 1.29 is 17.9 Å². The molecule has 1 N–H and O–H groups in total. The summed E-state index contributed by atoms with van der Waals surface area (Å²) in [7, 11) is -0.556. The van der Waals surface area contributed by atoms with Crippen LogP contribution in [0.5, 0.6) is 5.88 Å². The monoisotopic (exact) mass is 471 g/mol. The molecule has 1 fully saturated rings. The van der Waals surface area contributed by atoms with Crippen molar-refractivity contribution in [3.05, 3.63) is 36.7 Å². The molecule has 1 saturated heterocycles. The van der Waals surface area contributed by atoms with Gasteiger partial charge in [-0.25, -0.2) is 27.7 Å². The van der Waals surface area contributed by atoms with Gasteiger partial charge in [-0.2, -0.15) is 0 Å². The van der Waals surface area contributed by atoms with Crippen molar-refractivity contribution in [2.24, 2.45) is 0 Å². The minimum atomic E-state index is -3.58.